The van der Waals surface area contributed by atoms with Gasteiger partial charge in [-0.2, -0.15) is 5.26 Å². The Morgan fingerprint density at radius 3 is 2.55 bits per heavy atom. The second kappa shape index (κ2) is 4.68. The van der Waals surface area contributed by atoms with E-state index in [9.17, 15) is 5.26 Å². The summed E-state index contributed by atoms with van der Waals surface area (Å²) in [6, 6.07) is 20.1. The first-order valence-corrected chi connectivity index (χ1v) is 7.02. The SMILES string of the molecule is N#CC1=C(N)Oc2[nH]c3ccccc3c2[C@H]1c1ccccc1. The van der Waals surface area contributed by atoms with Gasteiger partial charge in [0.2, 0.25) is 11.8 Å². The molecule has 0 aliphatic carbocycles. The molecule has 0 unspecified atom stereocenters. The highest BCUT2D eigenvalue weighted by Gasteiger charge is 2.33. The van der Waals surface area contributed by atoms with E-state index in [0.29, 0.717) is 11.5 Å². The number of para-hydroxylation sites is 1. The molecule has 2 aromatic carbocycles. The van der Waals surface area contributed by atoms with Crippen molar-refractivity contribution < 1.29 is 4.74 Å². The van der Waals surface area contributed by atoms with Crippen molar-refractivity contribution >= 4 is 10.9 Å². The van der Waals surface area contributed by atoms with Crippen LogP contribution in [0.25, 0.3) is 10.9 Å². The number of benzene rings is 2. The van der Waals surface area contributed by atoms with Gasteiger partial charge >= 0.3 is 0 Å². The minimum atomic E-state index is -0.217. The zero-order chi connectivity index (χ0) is 15.1. The number of aromatic nitrogens is 1. The molecule has 0 bridgehead atoms. The summed E-state index contributed by atoms with van der Waals surface area (Å²) in [7, 11) is 0. The molecule has 0 saturated carbocycles. The first kappa shape index (κ1) is 12.5. The van der Waals surface area contributed by atoms with Crippen LogP contribution in [-0.4, -0.2) is 4.98 Å². The van der Waals surface area contributed by atoms with Crippen LogP contribution in [0.2, 0.25) is 0 Å². The minimum absolute atomic E-state index is 0.162. The van der Waals surface area contributed by atoms with Gasteiger partial charge in [-0.25, -0.2) is 0 Å². The first-order valence-electron chi connectivity index (χ1n) is 7.02. The number of rotatable bonds is 1. The van der Waals surface area contributed by atoms with Crippen LogP contribution in [0.15, 0.2) is 66.1 Å². The number of nitrogens with zero attached hydrogens (tertiary/aromatic N) is 1. The molecular formula is C18H13N3O. The molecule has 1 atom stereocenters. The molecule has 1 aliphatic heterocycles. The molecule has 0 saturated heterocycles. The smallest absolute Gasteiger partial charge is 0.207 e. The average Bonchev–Trinajstić information content (AvgIpc) is 2.92. The summed E-state index contributed by atoms with van der Waals surface area (Å²) < 4.78 is 5.65. The van der Waals surface area contributed by atoms with Crippen LogP contribution in [0.4, 0.5) is 0 Å². The van der Waals surface area contributed by atoms with Gasteiger partial charge in [0.05, 0.1) is 5.92 Å². The lowest BCUT2D eigenvalue weighted by molar-refractivity contribution is 0.382. The Bertz CT molecular complexity index is 932. The summed E-state index contributed by atoms with van der Waals surface area (Å²) in [4.78, 5) is 3.25. The predicted molar refractivity (Wildman–Crippen MR) is 84.0 cm³/mol. The highest BCUT2D eigenvalue weighted by atomic mass is 16.5. The molecule has 1 aromatic heterocycles. The van der Waals surface area contributed by atoms with Crippen LogP contribution in [0.3, 0.4) is 0 Å². The monoisotopic (exact) mass is 287 g/mol. The van der Waals surface area contributed by atoms with E-state index in [1.54, 1.807) is 0 Å². The van der Waals surface area contributed by atoms with Gasteiger partial charge in [0.1, 0.15) is 11.6 Å². The zero-order valence-electron chi connectivity index (χ0n) is 11.7. The fraction of sp³-hybridized carbons (Fsp3) is 0.0556. The molecule has 22 heavy (non-hydrogen) atoms. The van der Waals surface area contributed by atoms with E-state index in [4.69, 9.17) is 10.5 Å². The summed E-state index contributed by atoms with van der Waals surface area (Å²) in [5.74, 6) is 0.563. The Morgan fingerprint density at radius 2 is 1.77 bits per heavy atom. The van der Waals surface area contributed by atoms with Crippen molar-refractivity contribution in [2.24, 2.45) is 5.73 Å². The van der Waals surface area contributed by atoms with Crippen molar-refractivity contribution in [3.8, 4) is 11.9 Å². The number of nitrogens with one attached hydrogen (secondary N) is 1. The molecule has 0 spiro atoms. The fourth-order valence-corrected chi connectivity index (χ4v) is 3.06. The third-order valence-electron chi connectivity index (χ3n) is 4.02. The van der Waals surface area contributed by atoms with Crippen LogP contribution in [-0.2, 0) is 0 Å². The van der Waals surface area contributed by atoms with E-state index in [0.717, 1.165) is 22.0 Å². The normalized spacial score (nSPS) is 17.0. The highest BCUT2D eigenvalue weighted by Crippen LogP contribution is 2.45. The number of nitriles is 1. The number of nitrogens with two attached hydrogens (primary N) is 1. The molecule has 1 aliphatic rings. The van der Waals surface area contributed by atoms with Crippen molar-refractivity contribution in [3.05, 3.63) is 77.2 Å². The molecule has 3 N–H and O–H groups in total. The van der Waals surface area contributed by atoms with Gasteiger partial charge in [0, 0.05) is 16.5 Å². The van der Waals surface area contributed by atoms with Gasteiger partial charge in [-0.1, -0.05) is 48.5 Å². The molecule has 0 amide bonds. The van der Waals surface area contributed by atoms with Crippen molar-refractivity contribution in [1.82, 2.24) is 4.98 Å². The molecule has 106 valence electrons. The third-order valence-corrected chi connectivity index (χ3v) is 4.02. The maximum Gasteiger partial charge on any atom is 0.207 e. The second-order valence-corrected chi connectivity index (χ2v) is 5.25. The van der Waals surface area contributed by atoms with Crippen LogP contribution in [0.1, 0.15) is 17.0 Å². The first-order chi connectivity index (χ1) is 10.8. The molecule has 0 fully saturated rings. The Balaban J connectivity index is 2.05. The van der Waals surface area contributed by atoms with Crippen molar-refractivity contribution in [2.75, 3.05) is 0 Å². The summed E-state index contributed by atoms with van der Waals surface area (Å²) >= 11 is 0. The number of ether oxygens (including phenoxy) is 1. The number of hydrogen-bond donors (Lipinski definition) is 2. The summed E-state index contributed by atoms with van der Waals surface area (Å²) in [5.41, 5.74) is 9.38. The Morgan fingerprint density at radius 1 is 1.05 bits per heavy atom. The minimum Gasteiger partial charge on any atom is -0.424 e. The van der Waals surface area contributed by atoms with Gasteiger partial charge in [-0.05, 0) is 11.6 Å². The number of H-pyrrole nitrogens is 1. The van der Waals surface area contributed by atoms with Crippen LogP contribution < -0.4 is 10.5 Å². The van der Waals surface area contributed by atoms with E-state index in [-0.39, 0.29) is 11.8 Å². The topological polar surface area (TPSA) is 74.8 Å². The zero-order valence-corrected chi connectivity index (χ0v) is 11.7. The lowest BCUT2D eigenvalue weighted by atomic mass is 9.84. The van der Waals surface area contributed by atoms with E-state index < -0.39 is 0 Å². The average molecular weight is 287 g/mol. The fourth-order valence-electron chi connectivity index (χ4n) is 3.06. The lowest BCUT2D eigenvalue weighted by Crippen LogP contribution is -2.20. The molecule has 4 nitrogen and oxygen atoms in total. The summed E-state index contributed by atoms with van der Waals surface area (Å²) in [5, 5.41) is 10.6. The van der Waals surface area contributed by atoms with Crippen LogP contribution >= 0.6 is 0 Å². The highest BCUT2D eigenvalue weighted by molar-refractivity contribution is 5.88. The quantitative estimate of drug-likeness (QED) is 0.720. The molecular weight excluding hydrogens is 274 g/mol. The standard InChI is InChI=1S/C18H13N3O/c19-10-13-15(11-6-2-1-3-7-11)16-12-8-4-5-9-14(12)21-18(16)22-17(13)20/h1-9,15,21H,20H2/t15-/m0/s1. The summed E-state index contributed by atoms with van der Waals surface area (Å²) in [6.45, 7) is 0. The van der Waals surface area contributed by atoms with Crippen molar-refractivity contribution in [3.63, 3.8) is 0 Å². The van der Waals surface area contributed by atoms with Gasteiger partial charge in [0.15, 0.2) is 0 Å². The third kappa shape index (κ3) is 1.69. The van der Waals surface area contributed by atoms with E-state index >= 15 is 0 Å². The number of allylic oxidation sites excluding steroid dienone is 1. The molecule has 0 radical (unpaired) electrons. The number of fused-ring (bicyclic) bond motifs is 3. The molecule has 4 rings (SSSR count). The summed E-state index contributed by atoms with van der Waals surface area (Å²) in [6.07, 6.45) is 0. The number of aromatic amines is 1. The molecule has 3 aromatic rings. The van der Waals surface area contributed by atoms with Gasteiger partial charge < -0.3 is 15.5 Å². The van der Waals surface area contributed by atoms with Gasteiger partial charge in [-0.3, -0.25) is 0 Å². The molecule has 2 heterocycles. The lowest BCUT2D eigenvalue weighted by Gasteiger charge is -2.24. The largest absolute Gasteiger partial charge is 0.424 e. The van der Waals surface area contributed by atoms with Crippen molar-refractivity contribution in [2.45, 2.75) is 5.92 Å². The maximum atomic E-state index is 9.55. The van der Waals surface area contributed by atoms with Gasteiger partial charge in [0.25, 0.3) is 0 Å². The Kier molecular flexibility index (Phi) is 2.67. The second-order valence-electron chi connectivity index (χ2n) is 5.25. The number of hydrogen-bond acceptors (Lipinski definition) is 3. The van der Waals surface area contributed by atoms with Crippen molar-refractivity contribution in [1.29, 1.82) is 5.26 Å². The van der Waals surface area contributed by atoms with Crippen LogP contribution in [0, 0.1) is 11.3 Å². The Hall–Kier alpha value is -3.19. The predicted octanol–water partition coefficient (Wildman–Crippen LogP) is 3.39. The van der Waals surface area contributed by atoms with E-state index in [2.05, 4.69) is 11.1 Å². The molecule has 4 heteroatoms. The van der Waals surface area contributed by atoms with E-state index in [1.807, 2.05) is 54.6 Å². The van der Waals surface area contributed by atoms with Crippen LogP contribution in [0.5, 0.6) is 5.88 Å². The Labute approximate surface area is 127 Å². The van der Waals surface area contributed by atoms with E-state index in [1.165, 1.54) is 0 Å². The van der Waals surface area contributed by atoms with Gasteiger partial charge in [-0.15, -0.1) is 0 Å². The maximum absolute atomic E-state index is 9.55.